The summed E-state index contributed by atoms with van der Waals surface area (Å²) < 4.78 is 43.1. The molecule has 6 heteroatoms. The van der Waals surface area contributed by atoms with Gasteiger partial charge in [0, 0.05) is 9.79 Å². The van der Waals surface area contributed by atoms with E-state index in [4.69, 9.17) is 10.00 Å². The molecule has 0 unspecified atom stereocenters. The molecule has 108 valence electrons. The van der Waals surface area contributed by atoms with Crippen molar-refractivity contribution in [3.05, 3.63) is 53.6 Å². The van der Waals surface area contributed by atoms with Gasteiger partial charge >= 0.3 is 6.18 Å². The van der Waals surface area contributed by atoms with E-state index in [-0.39, 0.29) is 5.56 Å². The minimum Gasteiger partial charge on any atom is -0.497 e. The zero-order valence-corrected chi connectivity index (χ0v) is 11.8. The van der Waals surface area contributed by atoms with Crippen molar-refractivity contribution in [3.63, 3.8) is 0 Å². The van der Waals surface area contributed by atoms with Gasteiger partial charge in [-0.15, -0.1) is 0 Å². The maximum Gasteiger partial charge on any atom is 0.417 e. The van der Waals surface area contributed by atoms with Gasteiger partial charge in [0.1, 0.15) is 5.75 Å². The molecule has 2 nitrogen and oxygen atoms in total. The van der Waals surface area contributed by atoms with Gasteiger partial charge in [-0.1, -0.05) is 11.8 Å². The Balaban J connectivity index is 2.27. The second-order valence-corrected chi connectivity index (χ2v) is 5.24. The van der Waals surface area contributed by atoms with Gasteiger partial charge in [-0.3, -0.25) is 0 Å². The lowest BCUT2D eigenvalue weighted by atomic mass is 10.1. The molecule has 2 aromatic rings. The highest BCUT2D eigenvalue weighted by molar-refractivity contribution is 7.99. The van der Waals surface area contributed by atoms with Crippen molar-refractivity contribution in [2.24, 2.45) is 0 Å². The Kier molecular flexibility index (Phi) is 4.43. The van der Waals surface area contributed by atoms with Crippen LogP contribution in [0.1, 0.15) is 11.1 Å². The van der Waals surface area contributed by atoms with Gasteiger partial charge < -0.3 is 4.74 Å². The monoisotopic (exact) mass is 309 g/mol. The molecule has 2 rings (SSSR count). The SMILES string of the molecule is COc1ccc(Sc2ccc(C(F)(F)F)c(C#N)c2)cc1. The lowest BCUT2D eigenvalue weighted by Crippen LogP contribution is -2.07. The Morgan fingerprint density at radius 2 is 1.67 bits per heavy atom. The standard InChI is InChI=1S/C15H10F3NOS/c1-20-11-2-4-12(5-3-11)21-13-6-7-14(15(16,17)18)10(8-13)9-19/h2-8H,1H3. The van der Waals surface area contributed by atoms with E-state index < -0.39 is 11.7 Å². The average molecular weight is 309 g/mol. The zero-order chi connectivity index (χ0) is 15.5. The molecule has 0 saturated heterocycles. The van der Waals surface area contributed by atoms with Crippen LogP contribution >= 0.6 is 11.8 Å². The Bertz CT molecular complexity index is 675. The summed E-state index contributed by atoms with van der Waals surface area (Å²) in [4.78, 5) is 1.42. The van der Waals surface area contributed by atoms with Gasteiger partial charge in [-0.25, -0.2) is 0 Å². The van der Waals surface area contributed by atoms with Gasteiger partial charge in [0.2, 0.25) is 0 Å². The van der Waals surface area contributed by atoms with Crippen molar-refractivity contribution >= 4 is 11.8 Å². The number of ether oxygens (including phenoxy) is 1. The molecule has 21 heavy (non-hydrogen) atoms. The minimum atomic E-state index is -4.52. The molecule has 0 heterocycles. The summed E-state index contributed by atoms with van der Waals surface area (Å²) in [5.41, 5.74) is -1.29. The number of benzene rings is 2. The number of hydrogen-bond donors (Lipinski definition) is 0. The van der Waals surface area contributed by atoms with Gasteiger partial charge in [0.05, 0.1) is 24.3 Å². The first-order valence-electron chi connectivity index (χ1n) is 5.87. The van der Waals surface area contributed by atoms with E-state index in [9.17, 15) is 13.2 Å². The molecule has 0 N–H and O–H groups in total. The molecule has 0 aromatic heterocycles. The van der Waals surface area contributed by atoms with Crippen LogP contribution in [0.4, 0.5) is 13.2 Å². The lowest BCUT2D eigenvalue weighted by Gasteiger charge is -2.10. The summed E-state index contributed by atoms with van der Waals surface area (Å²) in [6.45, 7) is 0. The second kappa shape index (κ2) is 6.10. The fourth-order valence-electron chi connectivity index (χ4n) is 1.71. The summed E-state index contributed by atoms with van der Waals surface area (Å²) >= 11 is 1.28. The molecule has 0 atom stereocenters. The van der Waals surface area contributed by atoms with Crippen LogP contribution in [0.5, 0.6) is 5.75 Å². The highest BCUT2D eigenvalue weighted by Crippen LogP contribution is 2.35. The molecule has 0 spiro atoms. The molecular formula is C15H10F3NOS. The summed E-state index contributed by atoms with van der Waals surface area (Å²) in [5, 5.41) is 8.86. The van der Waals surface area contributed by atoms with Gasteiger partial charge in [0.15, 0.2) is 0 Å². The largest absolute Gasteiger partial charge is 0.497 e. The van der Waals surface area contributed by atoms with Gasteiger partial charge in [-0.2, -0.15) is 18.4 Å². The molecule has 0 fully saturated rings. The van der Waals surface area contributed by atoms with Crippen molar-refractivity contribution in [3.8, 4) is 11.8 Å². The summed E-state index contributed by atoms with van der Waals surface area (Å²) in [7, 11) is 1.55. The van der Waals surface area contributed by atoms with Crippen LogP contribution in [0.3, 0.4) is 0 Å². The minimum absolute atomic E-state index is 0.374. The second-order valence-electron chi connectivity index (χ2n) is 4.09. The summed E-state index contributed by atoms with van der Waals surface area (Å²) in [5.74, 6) is 0.699. The zero-order valence-electron chi connectivity index (χ0n) is 10.9. The first-order chi connectivity index (χ1) is 9.94. The first-order valence-corrected chi connectivity index (χ1v) is 6.69. The van der Waals surface area contributed by atoms with E-state index >= 15 is 0 Å². The molecule has 0 aliphatic carbocycles. The highest BCUT2D eigenvalue weighted by atomic mass is 32.2. The predicted molar refractivity (Wildman–Crippen MR) is 73.3 cm³/mol. The van der Waals surface area contributed by atoms with Crippen LogP contribution in [0.2, 0.25) is 0 Å². The topological polar surface area (TPSA) is 33.0 Å². The number of hydrogen-bond acceptors (Lipinski definition) is 3. The van der Waals surface area contributed by atoms with Crippen molar-refractivity contribution in [2.45, 2.75) is 16.0 Å². The van der Waals surface area contributed by atoms with Crippen LogP contribution in [0.15, 0.2) is 52.3 Å². The Morgan fingerprint density at radius 1 is 1.05 bits per heavy atom. The van der Waals surface area contributed by atoms with E-state index in [0.717, 1.165) is 11.0 Å². The third-order valence-corrected chi connectivity index (χ3v) is 3.71. The number of methoxy groups -OCH3 is 1. The number of rotatable bonds is 3. The fraction of sp³-hybridized carbons (Fsp3) is 0.133. The van der Waals surface area contributed by atoms with Crippen LogP contribution in [-0.4, -0.2) is 7.11 Å². The number of alkyl halides is 3. The quantitative estimate of drug-likeness (QED) is 0.821. The maximum absolute atomic E-state index is 12.7. The smallest absolute Gasteiger partial charge is 0.417 e. The summed E-state index contributed by atoms with van der Waals surface area (Å²) in [6.07, 6.45) is -4.52. The van der Waals surface area contributed by atoms with E-state index in [1.807, 2.05) is 0 Å². The van der Waals surface area contributed by atoms with Crippen LogP contribution < -0.4 is 4.74 Å². The fourth-order valence-corrected chi connectivity index (χ4v) is 2.56. The van der Waals surface area contributed by atoms with Crippen LogP contribution in [-0.2, 0) is 6.18 Å². The van der Waals surface area contributed by atoms with Gasteiger partial charge in [0.25, 0.3) is 0 Å². The van der Waals surface area contributed by atoms with Crippen LogP contribution in [0, 0.1) is 11.3 Å². The van der Waals surface area contributed by atoms with Gasteiger partial charge in [-0.05, 0) is 42.5 Å². The van der Waals surface area contributed by atoms with E-state index in [0.29, 0.717) is 10.6 Å². The molecule has 2 aromatic carbocycles. The summed E-state index contributed by atoms with van der Waals surface area (Å²) in [6, 6.07) is 12.3. The number of nitriles is 1. The third kappa shape index (κ3) is 3.70. The Hall–Kier alpha value is -2.13. The average Bonchev–Trinajstić information content (AvgIpc) is 2.46. The van der Waals surface area contributed by atoms with E-state index in [2.05, 4.69) is 0 Å². The van der Waals surface area contributed by atoms with Crippen molar-refractivity contribution < 1.29 is 17.9 Å². The Labute approximate surface area is 124 Å². The molecule has 0 aliphatic heterocycles. The predicted octanol–water partition coefficient (Wildman–Crippen LogP) is 4.74. The molecule has 0 radical (unpaired) electrons. The maximum atomic E-state index is 12.7. The molecule has 0 amide bonds. The molecule has 0 aliphatic rings. The highest BCUT2D eigenvalue weighted by Gasteiger charge is 2.33. The number of nitrogens with zero attached hydrogens (tertiary/aromatic N) is 1. The van der Waals surface area contributed by atoms with Crippen molar-refractivity contribution in [1.29, 1.82) is 5.26 Å². The lowest BCUT2D eigenvalue weighted by molar-refractivity contribution is -0.137. The normalized spacial score (nSPS) is 11.0. The Morgan fingerprint density at radius 3 is 2.19 bits per heavy atom. The van der Waals surface area contributed by atoms with E-state index in [1.165, 1.54) is 23.9 Å². The van der Waals surface area contributed by atoms with Crippen molar-refractivity contribution in [2.75, 3.05) is 7.11 Å². The van der Waals surface area contributed by atoms with E-state index in [1.54, 1.807) is 37.4 Å². The van der Waals surface area contributed by atoms with Crippen molar-refractivity contribution in [1.82, 2.24) is 0 Å². The molecule has 0 saturated carbocycles. The van der Waals surface area contributed by atoms with Crippen LogP contribution in [0.25, 0.3) is 0 Å². The number of halogens is 3. The first kappa shape index (κ1) is 15.3. The third-order valence-electron chi connectivity index (χ3n) is 2.71. The molecular weight excluding hydrogens is 299 g/mol. The molecule has 0 bridgehead atoms.